The van der Waals surface area contributed by atoms with Gasteiger partial charge in [-0.05, 0) is 58.6 Å². The van der Waals surface area contributed by atoms with Crippen molar-refractivity contribution in [3.05, 3.63) is 35.5 Å². The second-order valence-electron chi connectivity index (χ2n) is 8.31. The Bertz CT molecular complexity index is 886. The molecule has 1 fully saturated rings. The van der Waals surface area contributed by atoms with E-state index < -0.39 is 0 Å². The summed E-state index contributed by atoms with van der Waals surface area (Å²) in [5.74, 6) is 2.75. The topological polar surface area (TPSA) is 88.6 Å². The first-order valence-corrected chi connectivity index (χ1v) is 11.4. The van der Waals surface area contributed by atoms with Gasteiger partial charge in [-0.25, -0.2) is 4.98 Å². The lowest BCUT2D eigenvalue weighted by Gasteiger charge is -2.30. The van der Waals surface area contributed by atoms with Gasteiger partial charge in [-0.2, -0.15) is 4.98 Å². The SMILES string of the molecule is CCOc1cc(OCC)cc(C(=O)NC2CCC(Nc3nc(C)cc(N(C)C)n3)CC2)c1. The lowest BCUT2D eigenvalue weighted by Crippen LogP contribution is -2.40. The number of hydrogen-bond donors (Lipinski definition) is 2. The Balaban J connectivity index is 1.56. The summed E-state index contributed by atoms with van der Waals surface area (Å²) in [7, 11) is 3.95. The molecule has 1 amide bonds. The van der Waals surface area contributed by atoms with E-state index in [4.69, 9.17) is 9.47 Å². The van der Waals surface area contributed by atoms with Crippen molar-refractivity contribution in [2.24, 2.45) is 0 Å². The van der Waals surface area contributed by atoms with Gasteiger partial charge in [-0.15, -0.1) is 0 Å². The predicted octanol–water partition coefficient (Wildman–Crippen LogP) is 3.80. The quantitative estimate of drug-likeness (QED) is 0.612. The molecule has 1 heterocycles. The van der Waals surface area contributed by atoms with Gasteiger partial charge in [0.25, 0.3) is 5.91 Å². The highest BCUT2D eigenvalue weighted by Gasteiger charge is 2.24. The second-order valence-corrected chi connectivity index (χ2v) is 8.31. The summed E-state index contributed by atoms with van der Waals surface area (Å²) in [5, 5.41) is 6.65. The van der Waals surface area contributed by atoms with E-state index in [2.05, 4.69) is 20.6 Å². The number of nitrogens with one attached hydrogen (secondary N) is 2. The number of aryl methyl sites for hydroxylation is 1. The molecule has 0 bridgehead atoms. The number of anilines is 2. The number of ether oxygens (including phenoxy) is 2. The first kappa shape index (κ1) is 23.6. The highest BCUT2D eigenvalue weighted by atomic mass is 16.5. The van der Waals surface area contributed by atoms with Gasteiger partial charge in [0.2, 0.25) is 5.95 Å². The van der Waals surface area contributed by atoms with Gasteiger partial charge in [0.1, 0.15) is 17.3 Å². The third kappa shape index (κ3) is 6.48. The molecule has 0 saturated heterocycles. The summed E-state index contributed by atoms with van der Waals surface area (Å²) in [6.45, 7) is 6.89. The van der Waals surface area contributed by atoms with Crippen LogP contribution in [0, 0.1) is 6.92 Å². The summed E-state index contributed by atoms with van der Waals surface area (Å²) >= 11 is 0. The van der Waals surface area contributed by atoms with E-state index >= 15 is 0 Å². The van der Waals surface area contributed by atoms with E-state index in [-0.39, 0.29) is 11.9 Å². The smallest absolute Gasteiger partial charge is 0.251 e. The molecule has 2 aromatic rings. The van der Waals surface area contributed by atoms with Gasteiger partial charge in [0, 0.05) is 49.6 Å². The average molecular weight is 442 g/mol. The van der Waals surface area contributed by atoms with Crippen LogP contribution >= 0.6 is 0 Å². The molecule has 0 radical (unpaired) electrons. The number of rotatable bonds is 9. The minimum Gasteiger partial charge on any atom is -0.494 e. The standard InChI is InChI=1S/C24H35N5O3/c1-6-31-20-13-17(14-21(15-20)32-7-2)23(30)26-18-8-10-19(11-9-18)27-24-25-16(3)12-22(28-24)29(4)5/h12-15,18-19H,6-11H2,1-5H3,(H,26,30)(H,25,27,28). The Morgan fingerprint density at radius 3 is 2.12 bits per heavy atom. The Morgan fingerprint density at radius 1 is 0.969 bits per heavy atom. The van der Waals surface area contributed by atoms with E-state index in [1.807, 2.05) is 51.9 Å². The molecule has 2 N–H and O–H groups in total. The van der Waals surface area contributed by atoms with Crippen LogP contribution in [0.3, 0.4) is 0 Å². The first-order valence-electron chi connectivity index (χ1n) is 11.4. The van der Waals surface area contributed by atoms with E-state index in [1.54, 1.807) is 12.1 Å². The van der Waals surface area contributed by atoms with Crippen molar-refractivity contribution in [2.45, 2.75) is 58.5 Å². The average Bonchev–Trinajstić information content (AvgIpc) is 2.75. The lowest BCUT2D eigenvalue weighted by atomic mass is 9.91. The van der Waals surface area contributed by atoms with Crippen molar-refractivity contribution in [1.29, 1.82) is 0 Å². The Labute approximate surface area is 190 Å². The first-order chi connectivity index (χ1) is 15.4. The van der Waals surface area contributed by atoms with Crippen LogP contribution in [0.5, 0.6) is 11.5 Å². The molecule has 0 unspecified atom stereocenters. The molecule has 174 valence electrons. The van der Waals surface area contributed by atoms with E-state index in [9.17, 15) is 4.79 Å². The minimum absolute atomic E-state index is 0.0958. The molecule has 0 spiro atoms. The second kappa shape index (κ2) is 11.0. The van der Waals surface area contributed by atoms with Crippen LogP contribution in [-0.2, 0) is 0 Å². The largest absolute Gasteiger partial charge is 0.494 e. The zero-order valence-electron chi connectivity index (χ0n) is 19.8. The highest BCUT2D eigenvalue weighted by Crippen LogP contribution is 2.25. The normalized spacial score (nSPS) is 18.0. The van der Waals surface area contributed by atoms with Gasteiger partial charge in [0.15, 0.2) is 0 Å². The van der Waals surface area contributed by atoms with Crippen LogP contribution < -0.4 is 25.0 Å². The van der Waals surface area contributed by atoms with Crippen LogP contribution in [0.25, 0.3) is 0 Å². The van der Waals surface area contributed by atoms with Crippen LogP contribution in [-0.4, -0.2) is 55.3 Å². The summed E-state index contributed by atoms with van der Waals surface area (Å²) < 4.78 is 11.2. The van der Waals surface area contributed by atoms with Crippen LogP contribution in [0.1, 0.15) is 55.6 Å². The van der Waals surface area contributed by atoms with Crippen molar-refractivity contribution in [3.63, 3.8) is 0 Å². The zero-order chi connectivity index (χ0) is 23.1. The fourth-order valence-electron chi connectivity index (χ4n) is 3.88. The molecule has 1 aromatic carbocycles. The maximum absolute atomic E-state index is 12.9. The Kier molecular flexibility index (Phi) is 8.14. The summed E-state index contributed by atoms with van der Waals surface area (Å²) in [4.78, 5) is 24.0. The van der Waals surface area contributed by atoms with Crippen molar-refractivity contribution in [1.82, 2.24) is 15.3 Å². The van der Waals surface area contributed by atoms with Crippen molar-refractivity contribution >= 4 is 17.7 Å². The molecule has 1 aliphatic rings. The number of hydrogen-bond acceptors (Lipinski definition) is 7. The molecule has 1 aliphatic carbocycles. The fourth-order valence-corrected chi connectivity index (χ4v) is 3.88. The maximum atomic E-state index is 12.9. The molecule has 3 rings (SSSR count). The lowest BCUT2D eigenvalue weighted by molar-refractivity contribution is 0.0925. The van der Waals surface area contributed by atoms with Crippen LogP contribution in [0.15, 0.2) is 24.3 Å². The van der Waals surface area contributed by atoms with E-state index in [1.165, 1.54) is 0 Å². The number of nitrogens with zero attached hydrogens (tertiary/aromatic N) is 3. The fraction of sp³-hybridized carbons (Fsp3) is 0.542. The number of aromatic nitrogens is 2. The summed E-state index contributed by atoms with van der Waals surface area (Å²) in [6, 6.07) is 7.76. The molecule has 1 saturated carbocycles. The third-order valence-electron chi connectivity index (χ3n) is 5.46. The van der Waals surface area contributed by atoms with Gasteiger partial charge in [-0.1, -0.05) is 0 Å². The van der Waals surface area contributed by atoms with Gasteiger partial charge >= 0.3 is 0 Å². The molecular formula is C24H35N5O3. The molecule has 8 nitrogen and oxygen atoms in total. The molecule has 32 heavy (non-hydrogen) atoms. The highest BCUT2D eigenvalue weighted by molar-refractivity contribution is 5.95. The number of carbonyl (C=O) groups is 1. The molecule has 8 heteroatoms. The van der Waals surface area contributed by atoms with Crippen molar-refractivity contribution in [3.8, 4) is 11.5 Å². The van der Waals surface area contributed by atoms with Gasteiger partial charge in [0.05, 0.1) is 13.2 Å². The van der Waals surface area contributed by atoms with Crippen LogP contribution in [0.2, 0.25) is 0 Å². The predicted molar refractivity (Wildman–Crippen MR) is 127 cm³/mol. The number of amides is 1. The van der Waals surface area contributed by atoms with Gasteiger partial charge in [-0.3, -0.25) is 4.79 Å². The molecule has 1 aromatic heterocycles. The summed E-state index contributed by atoms with van der Waals surface area (Å²) in [5.41, 5.74) is 1.50. The van der Waals surface area contributed by atoms with E-state index in [0.717, 1.165) is 37.2 Å². The molecule has 0 aliphatic heterocycles. The number of carbonyl (C=O) groups excluding carboxylic acids is 1. The van der Waals surface area contributed by atoms with Crippen molar-refractivity contribution < 1.29 is 14.3 Å². The minimum atomic E-state index is -0.0958. The Morgan fingerprint density at radius 2 is 1.56 bits per heavy atom. The molecule has 0 atom stereocenters. The zero-order valence-corrected chi connectivity index (χ0v) is 19.8. The monoisotopic (exact) mass is 441 g/mol. The maximum Gasteiger partial charge on any atom is 0.251 e. The van der Waals surface area contributed by atoms with Crippen molar-refractivity contribution in [2.75, 3.05) is 37.5 Å². The Hall–Kier alpha value is -3.03. The third-order valence-corrected chi connectivity index (χ3v) is 5.46. The van der Waals surface area contributed by atoms with Gasteiger partial charge < -0.3 is 25.0 Å². The molecular weight excluding hydrogens is 406 g/mol. The van der Waals surface area contributed by atoms with Crippen LogP contribution in [0.4, 0.5) is 11.8 Å². The number of benzene rings is 1. The summed E-state index contributed by atoms with van der Waals surface area (Å²) in [6.07, 6.45) is 3.70. The van der Waals surface area contributed by atoms with E-state index in [0.29, 0.717) is 42.3 Å².